The minimum absolute atomic E-state index is 0.0123. The number of benzene rings is 1. The number of aryl methyl sites for hydroxylation is 1. The van der Waals surface area contributed by atoms with Crippen LogP contribution < -0.4 is 14.8 Å². The highest BCUT2D eigenvalue weighted by Gasteiger charge is 2.35. The zero-order valence-electron chi connectivity index (χ0n) is 18.9. The number of aromatic nitrogens is 1. The minimum Gasteiger partial charge on any atom is -0.462 e. The molecular weight excluding hydrogens is 462 g/mol. The minimum atomic E-state index is -0.500. The Morgan fingerprint density at radius 3 is 2.76 bits per heavy atom. The molecular formula is C23H23N3O7S. The summed E-state index contributed by atoms with van der Waals surface area (Å²) in [6, 6.07) is 5.25. The summed E-state index contributed by atoms with van der Waals surface area (Å²) < 4.78 is 15.6. The Labute approximate surface area is 199 Å². The molecule has 0 radical (unpaired) electrons. The van der Waals surface area contributed by atoms with Crippen LogP contribution in [0.25, 0.3) is 6.08 Å². The second-order valence-corrected chi connectivity index (χ2v) is 8.54. The summed E-state index contributed by atoms with van der Waals surface area (Å²) in [5.74, 6) is -0.170. The molecule has 3 amide bonds. The van der Waals surface area contributed by atoms with Gasteiger partial charge in [-0.2, -0.15) is 0 Å². The van der Waals surface area contributed by atoms with Crippen molar-refractivity contribution in [1.29, 1.82) is 0 Å². The smallest absolute Gasteiger partial charge is 0.340 e. The van der Waals surface area contributed by atoms with E-state index in [1.807, 2.05) is 0 Å². The molecule has 0 atom stereocenters. The van der Waals surface area contributed by atoms with E-state index >= 15 is 0 Å². The van der Waals surface area contributed by atoms with Gasteiger partial charge in [0.15, 0.2) is 11.5 Å². The van der Waals surface area contributed by atoms with E-state index < -0.39 is 23.0 Å². The van der Waals surface area contributed by atoms with E-state index in [0.29, 0.717) is 33.9 Å². The Kier molecular flexibility index (Phi) is 6.64. The van der Waals surface area contributed by atoms with Crippen molar-refractivity contribution in [1.82, 2.24) is 15.2 Å². The molecule has 0 bridgehead atoms. The van der Waals surface area contributed by atoms with E-state index in [-0.39, 0.29) is 37.1 Å². The number of carbonyl (C=O) groups excluding carboxylic acids is 4. The predicted octanol–water partition coefficient (Wildman–Crippen LogP) is 3.00. The zero-order chi connectivity index (χ0) is 24.4. The van der Waals surface area contributed by atoms with Crippen LogP contribution in [-0.2, 0) is 9.53 Å². The third-order valence-electron chi connectivity index (χ3n) is 5.33. The highest BCUT2D eigenvalue weighted by atomic mass is 32.2. The first-order valence-electron chi connectivity index (χ1n) is 10.6. The SMILES string of the molecule is CCOC(=O)c1c(C)[nH]c(C(=O)NCCN2C(=O)S/C(=C\c3ccc4c(c3)OCO4)C2=O)c1C. The molecule has 0 spiro atoms. The molecule has 1 aromatic heterocycles. The number of nitrogens with zero attached hydrogens (tertiary/aromatic N) is 1. The first-order valence-corrected chi connectivity index (χ1v) is 11.4. The van der Waals surface area contributed by atoms with Gasteiger partial charge in [-0.05, 0) is 61.9 Å². The van der Waals surface area contributed by atoms with E-state index in [1.54, 1.807) is 45.0 Å². The summed E-state index contributed by atoms with van der Waals surface area (Å²) in [6.07, 6.45) is 1.62. The lowest BCUT2D eigenvalue weighted by molar-refractivity contribution is -0.122. The molecule has 1 saturated heterocycles. The fraction of sp³-hybridized carbons (Fsp3) is 0.304. The maximum atomic E-state index is 12.7. The highest BCUT2D eigenvalue weighted by molar-refractivity contribution is 8.18. The number of thioether (sulfide) groups is 1. The predicted molar refractivity (Wildman–Crippen MR) is 124 cm³/mol. The third kappa shape index (κ3) is 4.51. The van der Waals surface area contributed by atoms with Crippen molar-refractivity contribution in [3.8, 4) is 11.5 Å². The number of esters is 1. The number of aromatic amines is 1. The number of H-pyrrole nitrogens is 1. The lowest BCUT2D eigenvalue weighted by atomic mass is 10.1. The second-order valence-electron chi connectivity index (χ2n) is 7.55. The van der Waals surface area contributed by atoms with Gasteiger partial charge >= 0.3 is 5.97 Å². The number of nitrogens with one attached hydrogen (secondary N) is 2. The molecule has 0 unspecified atom stereocenters. The molecule has 3 heterocycles. The van der Waals surface area contributed by atoms with E-state index in [9.17, 15) is 19.2 Å². The summed E-state index contributed by atoms with van der Waals surface area (Å²) in [5.41, 5.74) is 2.27. The molecule has 178 valence electrons. The Bertz CT molecular complexity index is 1220. The number of ether oxygens (including phenoxy) is 3. The largest absolute Gasteiger partial charge is 0.462 e. The molecule has 4 rings (SSSR count). The van der Waals surface area contributed by atoms with Crippen LogP contribution in [0.15, 0.2) is 23.1 Å². The summed E-state index contributed by atoms with van der Waals surface area (Å²) >= 11 is 0.837. The standard InChI is InChI=1S/C23H23N3O7S/c1-4-31-22(29)18-12(2)19(25-13(18)3)20(27)24-7-8-26-21(28)17(34-23(26)30)10-14-5-6-15-16(9-14)33-11-32-15/h5-6,9-10,25H,4,7-8,11H2,1-3H3,(H,24,27)/b17-10-. The zero-order valence-corrected chi connectivity index (χ0v) is 19.7. The molecule has 1 aromatic carbocycles. The van der Waals surface area contributed by atoms with Crippen LogP contribution in [0.5, 0.6) is 11.5 Å². The van der Waals surface area contributed by atoms with Crippen LogP contribution in [0.4, 0.5) is 4.79 Å². The van der Waals surface area contributed by atoms with E-state index in [0.717, 1.165) is 16.7 Å². The molecule has 0 saturated carbocycles. The van der Waals surface area contributed by atoms with Crippen molar-refractivity contribution >= 4 is 40.9 Å². The van der Waals surface area contributed by atoms with Gasteiger partial charge in [0.2, 0.25) is 6.79 Å². The van der Waals surface area contributed by atoms with Crippen molar-refractivity contribution in [3.05, 3.63) is 51.2 Å². The molecule has 11 heteroatoms. The van der Waals surface area contributed by atoms with Gasteiger partial charge in [-0.3, -0.25) is 19.3 Å². The lowest BCUT2D eigenvalue weighted by Gasteiger charge is -2.13. The van der Waals surface area contributed by atoms with Crippen LogP contribution in [0.3, 0.4) is 0 Å². The number of imide groups is 1. The van der Waals surface area contributed by atoms with Crippen molar-refractivity contribution in [3.63, 3.8) is 0 Å². The Hall–Kier alpha value is -3.73. The van der Waals surface area contributed by atoms with E-state index in [4.69, 9.17) is 14.2 Å². The van der Waals surface area contributed by atoms with Gasteiger partial charge in [0.25, 0.3) is 17.1 Å². The van der Waals surface area contributed by atoms with Crippen molar-refractivity contribution < 1.29 is 33.4 Å². The second kappa shape index (κ2) is 9.64. The van der Waals surface area contributed by atoms with Crippen molar-refractivity contribution in [2.45, 2.75) is 20.8 Å². The Morgan fingerprint density at radius 2 is 2.00 bits per heavy atom. The van der Waals surface area contributed by atoms with Gasteiger partial charge in [0.1, 0.15) is 5.69 Å². The lowest BCUT2D eigenvalue weighted by Crippen LogP contribution is -2.37. The number of amides is 3. The molecule has 10 nitrogen and oxygen atoms in total. The molecule has 2 aliphatic heterocycles. The maximum Gasteiger partial charge on any atom is 0.340 e. The van der Waals surface area contributed by atoms with Gasteiger partial charge in [0, 0.05) is 18.8 Å². The van der Waals surface area contributed by atoms with Gasteiger partial charge in [-0.25, -0.2) is 4.79 Å². The molecule has 2 N–H and O–H groups in total. The number of hydrogen-bond acceptors (Lipinski definition) is 8. The van der Waals surface area contributed by atoms with Crippen LogP contribution in [0.2, 0.25) is 0 Å². The maximum absolute atomic E-state index is 12.7. The van der Waals surface area contributed by atoms with Gasteiger partial charge in [-0.15, -0.1) is 0 Å². The number of carbonyl (C=O) groups is 4. The number of fused-ring (bicyclic) bond motifs is 1. The fourth-order valence-electron chi connectivity index (χ4n) is 3.70. The summed E-state index contributed by atoms with van der Waals surface area (Å²) in [6.45, 7) is 5.49. The first kappa shape index (κ1) is 23.4. The van der Waals surface area contributed by atoms with Crippen LogP contribution in [0.1, 0.15) is 44.6 Å². The van der Waals surface area contributed by atoms with Crippen LogP contribution >= 0.6 is 11.8 Å². The summed E-state index contributed by atoms with van der Waals surface area (Å²) in [4.78, 5) is 54.1. The normalized spacial score (nSPS) is 15.9. The average Bonchev–Trinajstić information content (AvgIpc) is 3.45. The number of rotatable bonds is 7. The van der Waals surface area contributed by atoms with Crippen LogP contribution in [0, 0.1) is 13.8 Å². The van der Waals surface area contributed by atoms with Crippen molar-refractivity contribution in [2.75, 3.05) is 26.5 Å². The monoisotopic (exact) mass is 485 g/mol. The van der Waals surface area contributed by atoms with E-state index in [2.05, 4.69) is 10.3 Å². The Balaban J connectivity index is 1.37. The molecule has 2 aliphatic rings. The average molecular weight is 486 g/mol. The van der Waals surface area contributed by atoms with Gasteiger partial charge in [0.05, 0.1) is 17.1 Å². The van der Waals surface area contributed by atoms with E-state index in [1.165, 1.54) is 0 Å². The van der Waals surface area contributed by atoms with Gasteiger partial charge in [-0.1, -0.05) is 6.07 Å². The third-order valence-corrected chi connectivity index (χ3v) is 6.24. The summed E-state index contributed by atoms with van der Waals surface area (Å²) in [7, 11) is 0. The molecule has 2 aromatic rings. The summed E-state index contributed by atoms with van der Waals surface area (Å²) in [5, 5.41) is 2.27. The highest BCUT2D eigenvalue weighted by Crippen LogP contribution is 2.36. The Morgan fingerprint density at radius 1 is 1.24 bits per heavy atom. The molecule has 34 heavy (non-hydrogen) atoms. The topological polar surface area (TPSA) is 127 Å². The van der Waals surface area contributed by atoms with Gasteiger partial charge < -0.3 is 24.5 Å². The molecule has 1 fully saturated rings. The first-order chi connectivity index (χ1) is 16.3. The molecule has 0 aliphatic carbocycles. The fourth-order valence-corrected chi connectivity index (χ4v) is 4.57. The van der Waals surface area contributed by atoms with Crippen molar-refractivity contribution in [2.24, 2.45) is 0 Å². The quantitative estimate of drug-likeness (QED) is 0.453. The number of hydrogen-bond donors (Lipinski definition) is 2. The van der Waals surface area contributed by atoms with Crippen LogP contribution in [-0.4, -0.2) is 59.4 Å².